The second-order valence-electron chi connectivity index (χ2n) is 6.26. The van der Waals surface area contributed by atoms with E-state index in [1.807, 2.05) is 6.92 Å². The standard InChI is InChI=1S/C19H16Cl2FN5O4S/c1-2-26-17(9-31-16-6-3-11(22)7-14(16)21)24-25-19(26)32-10-18(28)23-15-8-12(27(29)30)4-5-13(15)20/h3-8H,2,9-10H2,1H3,(H,23,28). The molecule has 0 saturated carbocycles. The highest BCUT2D eigenvalue weighted by Gasteiger charge is 2.16. The van der Waals surface area contributed by atoms with E-state index in [0.29, 0.717) is 23.3 Å². The summed E-state index contributed by atoms with van der Waals surface area (Å²) in [7, 11) is 0. The van der Waals surface area contributed by atoms with Crippen molar-refractivity contribution in [1.82, 2.24) is 14.8 Å². The van der Waals surface area contributed by atoms with E-state index >= 15 is 0 Å². The summed E-state index contributed by atoms with van der Waals surface area (Å²) in [5.74, 6) is -0.109. The molecule has 0 bridgehead atoms. The summed E-state index contributed by atoms with van der Waals surface area (Å²) in [5.41, 5.74) is -0.0392. The molecule has 0 aliphatic heterocycles. The molecule has 1 N–H and O–H groups in total. The van der Waals surface area contributed by atoms with Crippen molar-refractivity contribution in [3.05, 3.63) is 68.2 Å². The van der Waals surface area contributed by atoms with Crippen molar-refractivity contribution in [2.24, 2.45) is 0 Å². The van der Waals surface area contributed by atoms with Gasteiger partial charge in [-0.2, -0.15) is 0 Å². The van der Waals surface area contributed by atoms with Crippen molar-refractivity contribution >= 4 is 52.2 Å². The highest BCUT2D eigenvalue weighted by Crippen LogP contribution is 2.28. The number of anilines is 1. The second-order valence-corrected chi connectivity index (χ2v) is 8.02. The van der Waals surface area contributed by atoms with Gasteiger partial charge in [0, 0.05) is 18.7 Å². The van der Waals surface area contributed by atoms with Crippen LogP contribution in [0.4, 0.5) is 15.8 Å². The first-order valence-corrected chi connectivity index (χ1v) is 10.9. The van der Waals surface area contributed by atoms with Gasteiger partial charge < -0.3 is 14.6 Å². The van der Waals surface area contributed by atoms with Crippen LogP contribution in [0.25, 0.3) is 0 Å². The zero-order valence-electron chi connectivity index (χ0n) is 16.5. The molecule has 168 valence electrons. The normalized spacial score (nSPS) is 10.8. The van der Waals surface area contributed by atoms with Crippen molar-refractivity contribution in [2.45, 2.75) is 25.2 Å². The molecule has 3 rings (SSSR count). The number of amides is 1. The Bertz CT molecular complexity index is 1160. The van der Waals surface area contributed by atoms with Crippen LogP contribution in [0.3, 0.4) is 0 Å². The van der Waals surface area contributed by atoms with E-state index in [0.717, 1.165) is 17.8 Å². The molecule has 0 atom stereocenters. The molecule has 0 aliphatic rings. The Morgan fingerprint density at radius 3 is 2.72 bits per heavy atom. The fourth-order valence-corrected chi connectivity index (χ4v) is 3.83. The number of halogens is 3. The van der Waals surface area contributed by atoms with Crippen LogP contribution in [0.5, 0.6) is 5.75 Å². The third kappa shape index (κ3) is 5.87. The first kappa shape index (κ1) is 23.8. The Balaban J connectivity index is 1.62. The quantitative estimate of drug-likeness (QED) is 0.251. The third-order valence-corrected chi connectivity index (χ3v) is 5.72. The number of benzene rings is 2. The number of thioether (sulfide) groups is 1. The summed E-state index contributed by atoms with van der Waals surface area (Å²) >= 11 is 13.1. The number of ether oxygens (including phenoxy) is 1. The summed E-state index contributed by atoms with van der Waals surface area (Å²) in [4.78, 5) is 22.6. The number of carbonyl (C=O) groups is 1. The van der Waals surface area contributed by atoms with Crippen LogP contribution < -0.4 is 10.1 Å². The zero-order valence-corrected chi connectivity index (χ0v) is 18.9. The number of aromatic nitrogens is 3. The minimum Gasteiger partial charge on any atom is -0.484 e. The van der Waals surface area contributed by atoms with Gasteiger partial charge in [0.1, 0.15) is 18.2 Å². The lowest BCUT2D eigenvalue weighted by atomic mass is 10.3. The number of non-ortho nitro benzene ring substituents is 1. The number of hydrogen-bond acceptors (Lipinski definition) is 7. The average Bonchev–Trinajstić information content (AvgIpc) is 3.14. The van der Waals surface area contributed by atoms with Crippen molar-refractivity contribution in [3.8, 4) is 5.75 Å². The van der Waals surface area contributed by atoms with Gasteiger partial charge in [0.25, 0.3) is 5.69 Å². The Morgan fingerprint density at radius 1 is 1.25 bits per heavy atom. The monoisotopic (exact) mass is 499 g/mol. The van der Waals surface area contributed by atoms with Crippen LogP contribution >= 0.6 is 35.0 Å². The van der Waals surface area contributed by atoms with Crippen LogP contribution in [-0.2, 0) is 17.9 Å². The molecule has 1 heterocycles. The molecule has 9 nitrogen and oxygen atoms in total. The molecule has 13 heteroatoms. The number of nitrogens with one attached hydrogen (secondary N) is 1. The van der Waals surface area contributed by atoms with Crippen LogP contribution in [-0.4, -0.2) is 31.3 Å². The molecular formula is C19H16Cl2FN5O4S. The third-order valence-electron chi connectivity index (χ3n) is 4.13. The van der Waals surface area contributed by atoms with Crippen molar-refractivity contribution in [2.75, 3.05) is 11.1 Å². The number of nitrogens with zero attached hydrogens (tertiary/aromatic N) is 4. The van der Waals surface area contributed by atoms with E-state index in [-0.39, 0.29) is 33.8 Å². The molecule has 0 aliphatic carbocycles. The van der Waals surface area contributed by atoms with E-state index in [1.54, 1.807) is 4.57 Å². The van der Waals surface area contributed by atoms with E-state index in [2.05, 4.69) is 15.5 Å². The van der Waals surface area contributed by atoms with E-state index < -0.39 is 16.6 Å². The highest BCUT2D eigenvalue weighted by molar-refractivity contribution is 7.99. The Labute approximate surface area is 196 Å². The maximum Gasteiger partial charge on any atom is 0.271 e. The van der Waals surface area contributed by atoms with Crippen LogP contribution in [0.1, 0.15) is 12.7 Å². The maximum absolute atomic E-state index is 13.2. The molecule has 1 amide bonds. The molecule has 0 fully saturated rings. The van der Waals surface area contributed by atoms with Crippen molar-refractivity contribution in [1.29, 1.82) is 0 Å². The van der Waals surface area contributed by atoms with Crippen molar-refractivity contribution in [3.63, 3.8) is 0 Å². The highest BCUT2D eigenvalue weighted by atomic mass is 35.5. The van der Waals surface area contributed by atoms with Gasteiger partial charge in [0.15, 0.2) is 11.0 Å². The number of nitro groups is 1. The smallest absolute Gasteiger partial charge is 0.271 e. The Kier molecular flexibility index (Phi) is 7.89. The average molecular weight is 500 g/mol. The Hall–Kier alpha value is -2.89. The Morgan fingerprint density at radius 2 is 2.03 bits per heavy atom. The van der Waals surface area contributed by atoms with Crippen LogP contribution in [0, 0.1) is 15.9 Å². The topological polar surface area (TPSA) is 112 Å². The summed E-state index contributed by atoms with van der Waals surface area (Å²) in [6.07, 6.45) is 0. The molecule has 0 saturated heterocycles. The maximum atomic E-state index is 13.2. The first-order valence-electron chi connectivity index (χ1n) is 9.15. The van der Waals surface area contributed by atoms with Gasteiger partial charge in [0.2, 0.25) is 5.91 Å². The number of nitro benzene ring substituents is 1. The van der Waals surface area contributed by atoms with Gasteiger partial charge in [-0.05, 0) is 31.2 Å². The molecule has 1 aromatic heterocycles. The molecule has 2 aromatic carbocycles. The number of carbonyl (C=O) groups excluding carboxylic acids is 1. The molecule has 0 radical (unpaired) electrons. The minimum atomic E-state index is -0.576. The summed E-state index contributed by atoms with van der Waals surface area (Å²) < 4.78 is 20.5. The van der Waals surface area contributed by atoms with Crippen molar-refractivity contribution < 1.29 is 18.8 Å². The molecule has 0 unspecified atom stereocenters. The second kappa shape index (κ2) is 10.6. The summed E-state index contributed by atoms with van der Waals surface area (Å²) in [5, 5.41) is 22.4. The molecular weight excluding hydrogens is 484 g/mol. The molecule has 32 heavy (non-hydrogen) atoms. The van der Waals surface area contributed by atoms with E-state index in [4.69, 9.17) is 27.9 Å². The van der Waals surface area contributed by atoms with Gasteiger partial charge in [0.05, 0.1) is 26.4 Å². The van der Waals surface area contributed by atoms with Gasteiger partial charge in [-0.25, -0.2) is 4.39 Å². The lowest BCUT2D eigenvalue weighted by Crippen LogP contribution is -2.15. The summed E-state index contributed by atoms with van der Waals surface area (Å²) in [6, 6.07) is 7.59. The first-order chi connectivity index (χ1) is 15.3. The predicted molar refractivity (Wildman–Crippen MR) is 119 cm³/mol. The lowest BCUT2D eigenvalue weighted by Gasteiger charge is -2.10. The van der Waals surface area contributed by atoms with Gasteiger partial charge in [-0.15, -0.1) is 10.2 Å². The fourth-order valence-electron chi connectivity index (χ4n) is 2.62. The largest absolute Gasteiger partial charge is 0.484 e. The predicted octanol–water partition coefficient (Wildman–Crippen LogP) is 4.96. The lowest BCUT2D eigenvalue weighted by molar-refractivity contribution is -0.384. The SMILES string of the molecule is CCn1c(COc2ccc(F)cc2Cl)nnc1SCC(=O)Nc1cc([N+](=O)[O-])ccc1Cl. The molecule has 0 spiro atoms. The van der Waals surface area contributed by atoms with Gasteiger partial charge in [-0.1, -0.05) is 35.0 Å². The minimum absolute atomic E-state index is 0.0260. The van der Waals surface area contributed by atoms with Gasteiger partial charge >= 0.3 is 0 Å². The van der Waals surface area contributed by atoms with E-state index in [9.17, 15) is 19.3 Å². The van der Waals surface area contributed by atoms with E-state index in [1.165, 1.54) is 30.3 Å². The van der Waals surface area contributed by atoms with Crippen LogP contribution in [0.2, 0.25) is 10.0 Å². The molecule has 3 aromatic rings. The number of hydrogen-bond donors (Lipinski definition) is 1. The number of rotatable bonds is 9. The zero-order chi connectivity index (χ0) is 23.3. The summed E-state index contributed by atoms with van der Waals surface area (Å²) in [6.45, 7) is 2.44. The fraction of sp³-hybridized carbons (Fsp3) is 0.211. The van der Waals surface area contributed by atoms with Crippen LogP contribution in [0.15, 0.2) is 41.6 Å². The van der Waals surface area contributed by atoms with Gasteiger partial charge in [-0.3, -0.25) is 14.9 Å².